The highest BCUT2D eigenvalue weighted by atomic mass is 16.7. The van der Waals surface area contributed by atoms with Crippen LogP contribution in [0, 0.1) is 0 Å². The van der Waals surface area contributed by atoms with E-state index >= 15 is 0 Å². The molecule has 1 aliphatic heterocycles. The SMILES string of the molecule is COc1cccc(COc2cccc(C=C3C(=O)OC(C)(C)OC3=O)c2)c1. The Bertz CT molecular complexity index is 875. The molecule has 2 aromatic carbocycles. The fourth-order valence-electron chi connectivity index (χ4n) is 2.57. The maximum atomic E-state index is 12.0. The summed E-state index contributed by atoms with van der Waals surface area (Å²) in [6.45, 7) is 3.37. The zero-order chi connectivity index (χ0) is 19.4. The normalized spacial score (nSPS) is 15.6. The molecule has 0 aromatic heterocycles. The third-order valence-corrected chi connectivity index (χ3v) is 3.83. The Balaban J connectivity index is 1.73. The molecule has 0 spiro atoms. The Kier molecular flexibility index (Phi) is 5.16. The van der Waals surface area contributed by atoms with Crippen LogP contribution >= 0.6 is 0 Å². The third kappa shape index (κ3) is 4.67. The average molecular weight is 368 g/mol. The molecule has 2 aromatic rings. The number of cyclic esters (lactones) is 2. The second-order valence-electron chi connectivity index (χ2n) is 6.45. The molecule has 1 heterocycles. The number of esters is 2. The average Bonchev–Trinajstić information content (AvgIpc) is 2.63. The molecule has 0 unspecified atom stereocenters. The highest BCUT2D eigenvalue weighted by Gasteiger charge is 2.38. The minimum absolute atomic E-state index is 0.153. The molecule has 0 bridgehead atoms. The molecular weight excluding hydrogens is 348 g/mol. The van der Waals surface area contributed by atoms with Gasteiger partial charge in [0.25, 0.3) is 5.79 Å². The Hall–Kier alpha value is -3.28. The number of hydrogen-bond donors (Lipinski definition) is 0. The van der Waals surface area contributed by atoms with Crippen LogP contribution in [-0.4, -0.2) is 24.8 Å². The number of carbonyl (C=O) groups is 2. The lowest BCUT2D eigenvalue weighted by Gasteiger charge is -2.29. The molecule has 140 valence electrons. The number of benzene rings is 2. The van der Waals surface area contributed by atoms with Gasteiger partial charge in [-0.25, -0.2) is 9.59 Å². The fourth-order valence-corrected chi connectivity index (χ4v) is 2.57. The van der Waals surface area contributed by atoms with Crippen molar-refractivity contribution in [3.63, 3.8) is 0 Å². The van der Waals surface area contributed by atoms with Gasteiger partial charge in [0.15, 0.2) is 0 Å². The van der Waals surface area contributed by atoms with E-state index < -0.39 is 17.7 Å². The molecule has 1 aliphatic rings. The standard InChI is InChI=1S/C21H20O6/c1-21(2)26-19(22)18(20(23)27-21)12-14-6-4-9-17(10-14)25-13-15-7-5-8-16(11-15)24-3/h4-12H,13H2,1-3H3. The van der Waals surface area contributed by atoms with Gasteiger partial charge in [0.05, 0.1) is 7.11 Å². The van der Waals surface area contributed by atoms with Crippen LogP contribution in [0.3, 0.4) is 0 Å². The molecule has 0 saturated carbocycles. The number of rotatable bonds is 5. The van der Waals surface area contributed by atoms with E-state index in [1.165, 1.54) is 19.9 Å². The lowest BCUT2D eigenvalue weighted by Crippen LogP contribution is -2.41. The Morgan fingerprint density at radius 3 is 2.33 bits per heavy atom. The maximum absolute atomic E-state index is 12.0. The maximum Gasteiger partial charge on any atom is 0.348 e. The smallest absolute Gasteiger partial charge is 0.348 e. The number of ether oxygens (including phenoxy) is 4. The van der Waals surface area contributed by atoms with Gasteiger partial charge >= 0.3 is 11.9 Å². The van der Waals surface area contributed by atoms with Gasteiger partial charge < -0.3 is 18.9 Å². The van der Waals surface area contributed by atoms with Gasteiger partial charge in [0, 0.05) is 13.8 Å². The quantitative estimate of drug-likeness (QED) is 0.457. The third-order valence-electron chi connectivity index (χ3n) is 3.83. The minimum atomic E-state index is -1.26. The molecule has 0 radical (unpaired) electrons. The van der Waals surface area contributed by atoms with E-state index in [0.29, 0.717) is 17.9 Å². The predicted molar refractivity (Wildman–Crippen MR) is 98.0 cm³/mol. The Morgan fingerprint density at radius 1 is 0.963 bits per heavy atom. The van der Waals surface area contributed by atoms with Crippen LogP contribution < -0.4 is 9.47 Å². The zero-order valence-electron chi connectivity index (χ0n) is 15.4. The van der Waals surface area contributed by atoms with Gasteiger partial charge in [-0.15, -0.1) is 0 Å². The van der Waals surface area contributed by atoms with Crippen molar-refractivity contribution >= 4 is 18.0 Å². The number of methoxy groups -OCH3 is 1. The summed E-state index contributed by atoms with van der Waals surface area (Å²) in [5.74, 6) is -1.32. The lowest BCUT2D eigenvalue weighted by atomic mass is 10.1. The van der Waals surface area contributed by atoms with E-state index in [9.17, 15) is 9.59 Å². The highest BCUT2D eigenvalue weighted by Crippen LogP contribution is 2.25. The van der Waals surface area contributed by atoms with Crippen LogP contribution in [0.15, 0.2) is 54.1 Å². The summed E-state index contributed by atoms with van der Waals surface area (Å²) in [5, 5.41) is 0. The van der Waals surface area contributed by atoms with Crippen LogP contribution in [0.5, 0.6) is 11.5 Å². The van der Waals surface area contributed by atoms with Crippen molar-refractivity contribution in [1.29, 1.82) is 0 Å². The Labute approximate surface area is 157 Å². The first kappa shape index (κ1) is 18.5. The zero-order valence-corrected chi connectivity index (χ0v) is 15.4. The Morgan fingerprint density at radius 2 is 1.63 bits per heavy atom. The fraction of sp³-hybridized carbons (Fsp3) is 0.238. The van der Waals surface area contributed by atoms with Gasteiger partial charge in [-0.3, -0.25) is 0 Å². The second-order valence-corrected chi connectivity index (χ2v) is 6.45. The summed E-state index contributed by atoms with van der Waals surface area (Å²) in [6, 6.07) is 14.6. The van der Waals surface area contributed by atoms with Crippen molar-refractivity contribution in [3.8, 4) is 11.5 Å². The van der Waals surface area contributed by atoms with Crippen molar-refractivity contribution in [1.82, 2.24) is 0 Å². The van der Waals surface area contributed by atoms with Gasteiger partial charge in [-0.2, -0.15) is 0 Å². The molecule has 0 atom stereocenters. The largest absolute Gasteiger partial charge is 0.497 e. The monoisotopic (exact) mass is 368 g/mol. The molecule has 6 nitrogen and oxygen atoms in total. The van der Waals surface area contributed by atoms with Gasteiger partial charge in [0.1, 0.15) is 23.7 Å². The van der Waals surface area contributed by atoms with E-state index in [4.69, 9.17) is 18.9 Å². The molecule has 1 saturated heterocycles. The first-order valence-electron chi connectivity index (χ1n) is 8.40. The van der Waals surface area contributed by atoms with Crippen molar-refractivity contribution < 1.29 is 28.5 Å². The molecule has 1 fully saturated rings. The summed E-state index contributed by atoms with van der Waals surface area (Å²) < 4.78 is 21.2. The van der Waals surface area contributed by atoms with Crippen LogP contribution in [0.25, 0.3) is 6.08 Å². The number of carbonyl (C=O) groups excluding carboxylic acids is 2. The minimum Gasteiger partial charge on any atom is -0.497 e. The van der Waals surface area contributed by atoms with E-state index in [-0.39, 0.29) is 5.57 Å². The summed E-state index contributed by atoms with van der Waals surface area (Å²) in [7, 11) is 1.61. The molecular formula is C21H20O6. The first-order valence-corrected chi connectivity index (χ1v) is 8.40. The summed E-state index contributed by atoms with van der Waals surface area (Å²) in [6.07, 6.45) is 1.43. The van der Waals surface area contributed by atoms with E-state index in [2.05, 4.69) is 0 Å². The first-order chi connectivity index (χ1) is 12.9. The lowest BCUT2D eigenvalue weighted by molar-refractivity contribution is -0.222. The molecule has 0 aliphatic carbocycles. The van der Waals surface area contributed by atoms with Crippen LogP contribution in [0.1, 0.15) is 25.0 Å². The van der Waals surface area contributed by atoms with Crippen LogP contribution in [0.4, 0.5) is 0 Å². The summed E-state index contributed by atoms with van der Waals surface area (Å²) in [4.78, 5) is 24.1. The second kappa shape index (κ2) is 7.53. The van der Waals surface area contributed by atoms with Crippen LogP contribution in [0.2, 0.25) is 0 Å². The van der Waals surface area contributed by atoms with E-state index in [0.717, 1.165) is 11.3 Å². The summed E-state index contributed by atoms with van der Waals surface area (Å²) >= 11 is 0. The molecule has 27 heavy (non-hydrogen) atoms. The molecule has 6 heteroatoms. The van der Waals surface area contributed by atoms with Gasteiger partial charge in [-0.1, -0.05) is 24.3 Å². The predicted octanol–water partition coefficient (Wildman–Crippen LogP) is 3.49. The van der Waals surface area contributed by atoms with Crippen molar-refractivity contribution in [3.05, 3.63) is 65.2 Å². The van der Waals surface area contributed by atoms with Gasteiger partial charge in [0.2, 0.25) is 0 Å². The van der Waals surface area contributed by atoms with Crippen molar-refractivity contribution in [2.75, 3.05) is 7.11 Å². The van der Waals surface area contributed by atoms with E-state index in [1.807, 2.05) is 24.3 Å². The van der Waals surface area contributed by atoms with Crippen LogP contribution in [-0.2, 0) is 25.7 Å². The van der Waals surface area contributed by atoms with E-state index in [1.54, 1.807) is 31.4 Å². The van der Waals surface area contributed by atoms with Crippen molar-refractivity contribution in [2.24, 2.45) is 0 Å². The number of hydrogen-bond acceptors (Lipinski definition) is 6. The van der Waals surface area contributed by atoms with Crippen molar-refractivity contribution in [2.45, 2.75) is 26.2 Å². The molecule has 3 rings (SSSR count). The molecule has 0 amide bonds. The molecule has 0 N–H and O–H groups in total. The van der Waals surface area contributed by atoms with Gasteiger partial charge in [-0.05, 0) is 41.5 Å². The highest BCUT2D eigenvalue weighted by molar-refractivity contribution is 6.18. The summed E-state index contributed by atoms with van der Waals surface area (Å²) in [5.41, 5.74) is 1.43. The topological polar surface area (TPSA) is 71.1 Å².